The molecule has 0 unspecified atom stereocenters. The third kappa shape index (κ3) is 4.30. The summed E-state index contributed by atoms with van der Waals surface area (Å²) in [6.45, 7) is 7.83. The van der Waals surface area contributed by atoms with Crippen molar-refractivity contribution in [2.24, 2.45) is 11.3 Å². The summed E-state index contributed by atoms with van der Waals surface area (Å²) in [5.74, 6) is -0.459. The monoisotopic (exact) mass is 320 g/mol. The number of carboxylic acids is 1. The van der Waals surface area contributed by atoms with Crippen LogP contribution < -0.4 is 0 Å². The molecule has 2 rings (SSSR count). The number of hydrogen-bond donors (Lipinski definition) is 2. The van der Waals surface area contributed by atoms with Crippen LogP contribution in [-0.2, 0) is 11.3 Å². The molecule has 0 spiro atoms. The number of carbonyl (C=O) groups is 1. The second kappa shape index (κ2) is 7.41. The Morgan fingerprint density at radius 1 is 1.48 bits per heavy atom. The summed E-state index contributed by atoms with van der Waals surface area (Å²) in [4.78, 5) is 18.6. The van der Waals surface area contributed by atoms with Crippen LogP contribution in [0.2, 0.25) is 0 Å². The number of piperidine rings is 1. The lowest BCUT2D eigenvalue weighted by Crippen LogP contribution is -2.55. The van der Waals surface area contributed by atoms with E-state index in [0.29, 0.717) is 38.4 Å². The number of hydrogen-bond acceptors (Lipinski definition) is 4. The molecule has 23 heavy (non-hydrogen) atoms. The lowest BCUT2D eigenvalue weighted by Gasteiger charge is -2.43. The van der Waals surface area contributed by atoms with Crippen molar-refractivity contribution in [1.82, 2.24) is 9.88 Å². The first-order valence-electron chi connectivity index (χ1n) is 8.40. The molecule has 1 fully saturated rings. The topological polar surface area (TPSA) is 73.7 Å². The van der Waals surface area contributed by atoms with E-state index in [2.05, 4.69) is 23.7 Å². The van der Waals surface area contributed by atoms with Crippen LogP contribution >= 0.6 is 0 Å². The van der Waals surface area contributed by atoms with E-state index in [-0.39, 0.29) is 0 Å². The molecule has 2 N–H and O–H groups in total. The molecule has 2 atom stereocenters. The minimum Gasteiger partial charge on any atom is -0.481 e. The summed E-state index contributed by atoms with van der Waals surface area (Å²) >= 11 is 0. The summed E-state index contributed by atoms with van der Waals surface area (Å²) in [6.07, 6.45) is 1.04. The molecule has 0 radical (unpaired) electrons. The lowest BCUT2D eigenvalue weighted by atomic mass is 9.73. The van der Waals surface area contributed by atoms with Gasteiger partial charge in [-0.25, -0.2) is 0 Å². The number of aryl methyl sites for hydroxylation is 1. The van der Waals surface area contributed by atoms with E-state index >= 15 is 0 Å². The van der Waals surface area contributed by atoms with Crippen molar-refractivity contribution in [2.45, 2.75) is 52.7 Å². The predicted molar refractivity (Wildman–Crippen MR) is 89.0 cm³/mol. The number of aliphatic hydroxyl groups is 1. The van der Waals surface area contributed by atoms with Crippen LogP contribution in [0.15, 0.2) is 18.2 Å². The van der Waals surface area contributed by atoms with Crippen molar-refractivity contribution in [3.63, 3.8) is 0 Å². The number of aromatic nitrogens is 1. The zero-order valence-corrected chi connectivity index (χ0v) is 14.3. The molecule has 5 nitrogen and oxygen atoms in total. The highest BCUT2D eigenvalue weighted by atomic mass is 16.4. The third-order valence-corrected chi connectivity index (χ3v) is 4.79. The SMILES string of the molecule is Cc1cccc(CN2CC[C@@H](O)[C@](CCC(C)C)(C(=O)O)C2)n1. The number of nitrogens with zero attached hydrogens (tertiary/aromatic N) is 2. The fourth-order valence-corrected chi connectivity index (χ4v) is 3.33. The highest BCUT2D eigenvalue weighted by Crippen LogP contribution is 2.37. The van der Waals surface area contributed by atoms with E-state index < -0.39 is 17.5 Å². The first-order chi connectivity index (χ1) is 10.8. The normalized spacial score (nSPS) is 25.7. The molecule has 1 aliphatic rings. The van der Waals surface area contributed by atoms with E-state index in [9.17, 15) is 15.0 Å². The smallest absolute Gasteiger partial charge is 0.313 e. The average Bonchev–Trinajstić information content (AvgIpc) is 2.47. The van der Waals surface area contributed by atoms with E-state index in [4.69, 9.17) is 0 Å². The van der Waals surface area contributed by atoms with Crippen molar-refractivity contribution in [2.75, 3.05) is 13.1 Å². The Labute approximate surface area is 138 Å². The van der Waals surface area contributed by atoms with Gasteiger partial charge in [-0.15, -0.1) is 0 Å². The van der Waals surface area contributed by atoms with Crippen molar-refractivity contribution in [3.8, 4) is 0 Å². The van der Waals surface area contributed by atoms with Crippen molar-refractivity contribution in [1.29, 1.82) is 0 Å². The van der Waals surface area contributed by atoms with Crippen LogP contribution in [0.5, 0.6) is 0 Å². The maximum absolute atomic E-state index is 11.9. The first kappa shape index (κ1) is 17.9. The predicted octanol–water partition coefficient (Wildman–Crippen LogP) is 2.46. The Bertz CT molecular complexity index is 547. The number of aliphatic hydroxyl groups excluding tert-OH is 1. The maximum Gasteiger partial charge on any atom is 0.313 e. The summed E-state index contributed by atoms with van der Waals surface area (Å²) in [5, 5.41) is 20.2. The Morgan fingerprint density at radius 3 is 2.83 bits per heavy atom. The average molecular weight is 320 g/mol. The van der Waals surface area contributed by atoms with Gasteiger partial charge in [0.05, 0.1) is 11.8 Å². The molecule has 0 saturated carbocycles. The molecule has 0 aliphatic carbocycles. The van der Waals surface area contributed by atoms with Gasteiger partial charge in [0, 0.05) is 25.3 Å². The van der Waals surface area contributed by atoms with Gasteiger partial charge in [0.15, 0.2) is 0 Å². The summed E-state index contributed by atoms with van der Waals surface area (Å²) < 4.78 is 0. The molecule has 0 bridgehead atoms. The van der Waals surface area contributed by atoms with Crippen molar-refractivity contribution < 1.29 is 15.0 Å². The molecule has 5 heteroatoms. The van der Waals surface area contributed by atoms with Gasteiger partial charge in [-0.05, 0) is 44.2 Å². The van der Waals surface area contributed by atoms with E-state index in [1.54, 1.807) is 0 Å². The highest BCUT2D eigenvalue weighted by Gasteiger charge is 2.48. The zero-order chi connectivity index (χ0) is 17.0. The van der Waals surface area contributed by atoms with Gasteiger partial charge in [0.25, 0.3) is 0 Å². The van der Waals surface area contributed by atoms with Gasteiger partial charge < -0.3 is 10.2 Å². The highest BCUT2D eigenvalue weighted by molar-refractivity contribution is 5.76. The Morgan fingerprint density at radius 2 is 2.22 bits per heavy atom. The summed E-state index contributed by atoms with van der Waals surface area (Å²) in [6, 6.07) is 5.89. The summed E-state index contributed by atoms with van der Waals surface area (Å²) in [7, 11) is 0. The number of pyridine rings is 1. The number of carboxylic acid groups (broad SMARTS) is 1. The Balaban J connectivity index is 2.13. The van der Waals surface area contributed by atoms with Crippen molar-refractivity contribution >= 4 is 5.97 Å². The fraction of sp³-hybridized carbons (Fsp3) is 0.667. The number of aliphatic carboxylic acids is 1. The number of rotatable bonds is 6. The van der Waals surface area contributed by atoms with Crippen LogP contribution in [0.3, 0.4) is 0 Å². The van der Waals surface area contributed by atoms with Crippen molar-refractivity contribution in [3.05, 3.63) is 29.6 Å². The Hall–Kier alpha value is -1.46. The minimum absolute atomic E-state index is 0.381. The quantitative estimate of drug-likeness (QED) is 0.842. The molecule has 1 aliphatic heterocycles. The lowest BCUT2D eigenvalue weighted by molar-refractivity contribution is -0.165. The first-order valence-corrected chi connectivity index (χ1v) is 8.40. The zero-order valence-electron chi connectivity index (χ0n) is 14.3. The van der Waals surface area contributed by atoms with Crippen LogP contribution in [-0.4, -0.2) is 45.3 Å². The van der Waals surface area contributed by atoms with Gasteiger partial charge >= 0.3 is 5.97 Å². The molecule has 0 amide bonds. The third-order valence-electron chi connectivity index (χ3n) is 4.79. The van der Waals surface area contributed by atoms with Gasteiger partial charge in [-0.1, -0.05) is 19.9 Å². The molecule has 0 aromatic carbocycles. The van der Waals surface area contributed by atoms with E-state index in [1.807, 2.05) is 25.1 Å². The van der Waals surface area contributed by atoms with Gasteiger partial charge in [-0.3, -0.25) is 14.7 Å². The molecule has 1 aromatic heterocycles. The molecule has 128 valence electrons. The summed E-state index contributed by atoms with van der Waals surface area (Å²) in [5.41, 5.74) is 0.847. The minimum atomic E-state index is -1.06. The largest absolute Gasteiger partial charge is 0.481 e. The second-order valence-corrected chi connectivity index (χ2v) is 7.18. The second-order valence-electron chi connectivity index (χ2n) is 7.18. The number of likely N-dealkylation sites (tertiary alicyclic amines) is 1. The van der Waals surface area contributed by atoms with Crippen LogP contribution in [0.4, 0.5) is 0 Å². The molecule has 2 heterocycles. The fourth-order valence-electron chi connectivity index (χ4n) is 3.33. The van der Waals surface area contributed by atoms with Crippen LogP contribution in [0.1, 0.15) is 44.5 Å². The molecule has 1 aromatic rings. The van der Waals surface area contributed by atoms with Crippen LogP contribution in [0.25, 0.3) is 0 Å². The molecule has 1 saturated heterocycles. The van der Waals surface area contributed by atoms with E-state index in [0.717, 1.165) is 17.8 Å². The maximum atomic E-state index is 11.9. The molecular formula is C18H28N2O3. The molecular weight excluding hydrogens is 292 g/mol. The Kier molecular flexibility index (Phi) is 5.76. The van der Waals surface area contributed by atoms with Gasteiger partial charge in [0.1, 0.15) is 5.41 Å². The van der Waals surface area contributed by atoms with Gasteiger partial charge in [0.2, 0.25) is 0 Å². The standard InChI is InChI=1S/C18H28N2O3/c1-13(2)7-9-18(17(22)23)12-20(10-8-16(18)21)11-15-6-4-5-14(3)19-15/h4-6,13,16,21H,7-12H2,1-3H3,(H,22,23)/t16-,18-/m1/s1. The van der Waals surface area contributed by atoms with Crippen LogP contribution in [0, 0.1) is 18.3 Å². The van der Waals surface area contributed by atoms with E-state index in [1.165, 1.54) is 0 Å². The van der Waals surface area contributed by atoms with Gasteiger partial charge in [-0.2, -0.15) is 0 Å².